The van der Waals surface area contributed by atoms with Gasteiger partial charge < -0.3 is 9.47 Å². The summed E-state index contributed by atoms with van der Waals surface area (Å²) in [4.78, 5) is 20.7. The Morgan fingerprint density at radius 3 is 2.50 bits per heavy atom. The summed E-state index contributed by atoms with van der Waals surface area (Å²) in [6.45, 7) is 0.492. The van der Waals surface area contributed by atoms with Gasteiger partial charge in [-0.25, -0.2) is 14.8 Å². The van der Waals surface area contributed by atoms with Crippen LogP contribution in [0.1, 0.15) is 27.4 Å². The number of anilines is 1. The normalized spacial score (nSPS) is 15.6. The quantitative estimate of drug-likeness (QED) is 0.580. The van der Waals surface area contributed by atoms with Crippen molar-refractivity contribution < 1.29 is 14.3 Å². The van der Waals surface area contributed by atoms with E-state index in [2.05, 4.69) is 22.1 Å². The molecule has 1 aromatic heterocycles. The van der Waals surface area contributed by atoms with Gasteiger partial charge in [-0.3, -0.25) is 0 Å². The summed E-state index contributed by atoms with van der Waals surface area (Å²) < 4.78 is 10.1. The highest BCUT2D eigenvalue weighted by atomic mass is 35.5. The lowest BCUT2D eigenvalue weighted by Gasteiger charge is -2.18. The Kier molecular flexibility index (Phi) is 5.63. The van der Waals surface area contributed by atoms with E-state index in [1.54, 1.807) is 5.01 Å². The Hall–Kier alpha value is -3.45. The number of hydrazone groups is 1. The van der Waals surface area contributed by atoms with Gasteiger partial charge in [-0.05, 0) is 23.3 Å². The fraction of sp³-hybridized carbons (Fsp3) is 0.182. The molecule has 3 aromatic rings. The number of benzene rings is 2. The molecule has 30 heavy (non-hydrogen) atoms. The zero-order chi connectivity index (χ0) is 21.1. The molecule has 0 saturated carbocycles. The first-order valence-corrected chi connectivity index (χ1v) is 9.64. The number of esters is 1. The lowest BCUT2D eigenvalue weighted by molar-refractivity contribution is 0.0600. The molecule has 1 aliphatic rings. The first-order valence-electron chi connectivity index (χ1n) is 9.27. The summed E-state index contributed by atoms with van der Waals surface area (Å²) in [5.41, 5.74) is 3.11. The molecule has 1 aliphatic heterocycles. The number of halogens is 1. The van der Waals surface area contributed by atoms with E-state index in [0.717, 1.165) is 16.8 Å². The predicted octanol–water partition coefficient (Wildman–Crippen LogP) is 3.93. The van der Waals surface area contributed by atoms with Gasteiger partial charge in [0.1, 0.15) is 5.56 Å². The van der Waals surface area contributed by atoms with Crippen molar-refractivity contribution in [3.63, 3.8) is 0 Å². The summed E-state index contributed by atoms with van der Waals surface area (Å²) in [7, 11) is 2.78. The van der Waals surface area contributed by atoms with Crippen molar-refractivity contribution >= 4 is 29.1 Å². The average Bonchev–Trinajstić information content (AvgIpc) is 3.24. The monoisotopic (exact) mass is 422 g/mol. The number of hydrogen-bond donors (Lipinski definition) is 0. The number of rotatable bonds is 5. The topological polar surface area (TPSA) is 76.9 Å². The van der Waals surface area contributed by atoms with Crippen LogP contribution < -0.4 is 9.75 Å². The van der Waals surface area contributed by atoms with Crippen LogP contribution in [-0.2, 0) is 4.74 Å². The number of ether oxygens (including phenoxy) is 2. The van der Waals surface area contributed by atoms with Crippen LogP contribution in [0.4, 0.5) is 5.82 Å². The maximum atomic E-state index is 12.3. The first kappa shape index (κ1) is 19.8. The third kappa shape index (κ3) is 3.84. The Bertz CT molecular complexity index is 1090. The van der Waals surface area contributed by atoms with Crippen molar-refractivity contribution in [2.75, 3.05) is 25.8 Å². The molecule has 1 atom stereocenters. The van der Waals surface area contributed by atoms with Crippen LogP contribution in [0.15, 0.2) is 65.9 Å². The summed E-state index contributed by atoms with van der Waals surface area (Å²) >= 11 is 6.07. The summed E-state index contributed by atoms with van der Waals surface area (Å²) in [5, 5.41) is 7.17. The van der Waals surface area contributed by atoms with Gasteiger partial charge >= 0.3 is 12.0 Å². The van der Waals surface area contributed by atoms with E-state index in [9.17, 15) is 4.79 Å². The second kappa shape index (κ2) is 8.51. The van der Waals surface area contributed by atoms with Crippen molar-refractivity contribution in [3.05, 3.63) is 82.5 Å². The SMILES string of the molecule is COC(=O)c1cnc(OC)nc1N1CC(c2ccccc2)C(c2ccc(Cl)cc2)=N1. The largest absolute Gasteiger partial charge is 0.467 e. The van der Waals surface area contributed by atoms with Crippen molar-refractivity contribution in [3.8, 4) is 6.01 Å². The molecule has 0 bridgehead atoms. The molecule has 0 amide bonds. The second-order valence-electron chi connectivity index (χ2n) is 6.62. The highest BCUT2D eigenvalue weighted by molar-refractivity contribution is 6.30. The van der Waals surface area contributed by atoms with Crippen LogP contribution in [0.25, 0.3) is 0 Å². The van der Waals surface area contributed by atoms with Gasteiger partial charge in [-0.15, -0.1) is 0 Å². The van der Waals surface area contributed by atoms with Crippen LogP contribution in [-0.4, -0.2) is 42.4 Å². The number of methoxy groups -OCH3 is 2. The van der Waals surface area contributed by atoms with Gasteiger partial charge in [0.2, 0.25) is 0 Å². The molecular formula is C22H19ClN4O3. The van der Waals surface area contributed by atoms with Crippen LogP contribution in [0.5, 0.6) is 6.01 Å². The minimum absolute atomic E-state index is 0.0289. The average molecular weight is 423 g/mol. The number of aromatic nitrogens is 2. The smallest absolute Gasteiger partial charge is 0.343 e. The van der Waals surface area contributed by atoms with E-state index in [1.165, 1.54) is 20.4 Å². The van der Waals surface area contributed by atoms with Gasteiger partial charge in [-0.2, -0.15) is 10.1 Å². The third-order valence-corrected chi connectivity index (χ3v) is 5.09. The molecule has 0 radical (unpaired) electrons. The van der Waals surface area contributed by atoms with Crippen LogP contribution in [0.2, 0.25) is 5.02 Å². The van der Waals surface area contributed by atoms with Crippen molar-refractivity contribution in [2.45, 2.75) is 5.92 Å². The number of hydrogen-bond acceptors (Lipinski definition) is 7. The zero-order valence-electron chi connectivity index (χ0n) is 16.4. The molecule has 0 spiro atoms. The molecule has 1 unspecified atom stereocenters. The number of carbonyl (C=O) groups excluding carboxylic acids is 1. The molecule has 152 valence electrons. The van der Waals surface area contributed by atoms with Crippen molar-refractivity contribution in [1.82, 2.24) is 9.97 Å². The zero-order valence-corrected chi connectivity index (χ0v) is 17.2. The molecule has 0 fully saturated rings. The Labute approximate surface area is 178 Å². The van der Waals surface area contributed by atoms with Gasteiger partial charge in [0.15, 0.2) is 5.82 Å². The number of carbonyl (C=O) groups is 1. The second-order valence-corrected chi connectivity index (χ2v) is 7.06. The molecule has 7 nitrogen and oxygen atoms in total. The highest BCUT2D eigenvalue weighted by Crippen LogP contribution is 2.33. The molecule has 2 heterocycles. The molecule has 2 aromatic carbocycles. The Balaban J connectivity index is 1.82. The summed E-state index contributed by atoms with van der Waals surface area (Å²) in [5.74, 6) is -0.239. The van der Waals surface area contributed by atoms with E-state index in [4.69, 9.17) is 26.2 Å². The molecule has 0 aliphatic carbocycles. The minimum atomic E-state index is -0.543. The first-order chi connectivity index (χ1) is 14.6. The van der Waals surface area contributed by atoms with E-state index < -0.39 is 5.97 Å². The van der Waals surface area contributed by atoms with Crippen molar-refractivity contribution in [1.29, 1.82) is 0 Å². The van der Waals surface area contributed by atoms with Crippen molar-refractivity contribution in [2.24, 2.45) is 5.10 Å². The maximum absolute atomic E-state index is 12.3. The fourth-order valence-corrected chi connectivity index (χ4v) is 3.49. The predicted molar refractivity (Wildman–Crippen MR) is 114 cm³/mol. The minimum Gasteiger partial charge on any atom is -0.467 e. The van der Waals surface area contributed by atoms with E-state index in [0.29, 0.717) is 17.4 Å². The number of nitrogens with zero attached hydrogens (tertiary/aromatic N) is 4. The molecular weight excluding hydrogens is 404 g/mol. The Morgan fingerprint density at radius 1 is 1.10 bits per heavy atom. The lowest BCUT2D eigenvalue weighted by Crippen LogP contribution is -2.22. The molecule has 0 saturated heterocycles. The van der Waals surface area contributed by atoms with Crippen LogP contribution >= 0.6 is 11.6 Å². The van der Waals surface area contributed by atoms with Crippen LogP contribution in [0, 0.1) is 0 Å². The van der Waals surface area contributed by atoms with Crippen LogP contribution in [0.3, 0.4) is 0 Å². The van der Waals surface area contributed by atoms with Gasteiger partial charge in [-0.1, -0.05) is 54.1 Å². The third-order valence-electron chi connectivity index (χ3n) is 4.83. The van der Waals surface area contributed by atoms with E-state index in [1.807, 2.05) is 42.5 Å². The van der Waals surface area contributed by atoms with E-state index in [-0.39, 0.29) is 17.5 Å². The van der Waals surface area contributed by atoms with Gasteiger partial charge in [0.25, 0.3) is 0 Å². The summed E-state index contributed by atoms with van der Waals surface area (Å²) in [6, 6.07) is 17.7. The standard InChI is InChI=1S/C22H19ClN4O3/c1-29-21(28)17-12-24-22(30-2)25-20(17)27-13-18(14-6-4-3-5-7-14)19(26-27)15-8-10-16(23)11-9-15/h3-12,18H,13H2,1-2H3. The van der Waals surface area contributed by atoms with Gasteiger partial charge in [0.05, 0.1) is 32.7 Å². The maximum Gasteiger partial charge on any atom is 0.343 e. The lowest BCUT2D eigenvalue weighted by atomic mass is 9.91. The molecule has 0 N–H and O–H groups in total. The molecule has 8 heteroatoms. The van der Waals surface area contributed by atoms with Gasteiger partial charge in [0, 0.05) is 10.9 Å². The van der Waals surface area contributed by atoms with E-state index >= 15 is 0 Å². The Morgan fingerprint density at radius 2 is 1.83 bits per heavy atom. The fourth-order valence-electron chi connectivity index (χ4n) is 3.37. The summed E-state index contributed by atoms with van der Waals surface area (Å²) in [6.07, 6.45) is 1.39. The highest BCUT2D eigenvalue weighted by Gasteiger charge is 2.33. The molecule has 4 rings (SSSR count).